The predicted octanol–water partition coefficient (Wildman–Crippen LogP) is -1.25. The molecule has 0 saturated carbocycles. The van der Waals surface area contributed by atoms with Crippen molar-refractivity contribution in [3.05, 3.63) is 0 Å². The van der Waals surface area contributed by atoms with Crippen molar-refractivity contribution in [2.24, 2.45) is 23.3 Å². The van der Waals surface area contributed by atoms with E-state index in [9.17, 15) is 24.0 Å². The van der Waals surface area contributed by atoms with Crippen LogP contribution in [0.25, 0.3) is 0 Å². The van der Waals surface area contributed by atoms with Crippen LogP contribution >= 0.6 is 12.6 Å². The van der Waals surface area contributed by atoms with E-state index in [1.807, 2.05) is 13.8 Å². The molecule has 0 aliphatic carbocycles. The van der Waals surface area contributed by atoms with Crippen molar-refractivity contribution < 1.29 is 29.1 Å². The van der Waals surface area contributed by atoms with Crippen molar-refractivity contribution >= 4 is 42.2 Å². The minimum absolute atomic E-state index is 0.141. The average molecular weight is 462 g/mol. The first-order chi connectivity index (χ1) is 14.3. The molecule has 0 heterocycles. The van der Waals surface area contributed by atoms with Gasteiger partial charge in [-0.1, -0.05) is 27.7 Å². The Balaban J connectivity index is 5.39. The molecule has 0 aliphatic rings. The third-order valence-electron chi connectivity index (χ3n) is 4.42. The number of carboxylic acid groups (broad SMARTS) is 1. The second-order valence-corrected chi connectivity index (χ2v) is 8.48. The number of thiol groups is 1. The summed E-state index contributed by atoms with van der Waals surface area (Å²) in [4.78, 5) is 60.0. The van der Waals surface area contributed by atoms with Crippen LogP contribution in [0.4, 0.5) is 0 Å². The summed E-state index contributed by atoms with van der Waals surface area (Å²) in [5.74, 6) is -4.28. The maximum absolute atomic E-state index is 12.8. The first kappa shape index (κ1) is 28.7. The maximum Gasteiger partial charge on any atom is 0.327 e. The third-order valence-corrected chi connectivity index (χ3v) is 4.78. The number of aliphatic carboxylic acids is 1. The number of hydrogen-bond donors (Lipinski definition) is 7. The highest BCUT2D eigenvalue weighted by Crippen LogP contribution is 2.08. The van der Waals surface area contributed by atoms with Gasteiger partial charge in [-0.25, -0.2) is 4.79 Å². The van der Waals surface area contributed by atoms with Crippen LogP contribution < -0.4 is 27.4 Å². The lowest BCUT2D eigenvalue weighted by Gasteiger charge is -2.27. The highest BCUT2D eigenvalue weighted by Gasteiger charge is 2.31. The molecule has 0 aromatic carbocycles. The lowest BCUT2D eigenvalue weighted by Crippen LogP contribution is -2.58. The molecule has 0 bridgehead atoms. The molecule has 31 heavy (non-hydrogen) atoms. The van der Waals surface area contributed by atoms with Gasteiger partial charge >= 0.3 is 5.97 Å². The lowest BCUT2D eigenvalue weighted by molar-refractivity contribution is -0.141. The number of nitrogens with one attached hydrogen (secondary N) is 3. The largest absolute Gasteiger partial charge is 0.480 e. The topological polar surface area (TPSA) is 194 Å². The zero-order chi connectivity index (χ0) is 24.3. The lowest BCUT2D eigenvalue weighted by atomic mass is 9.99. The van der Waals surface area contributed by atoms with Crippen LogP contribution in [-0.4, -0.2) is 64.6 Å². The van der Waals surface area contributed by atoms with Gasteiger partial charge < -0.3 is 32.5 Å². The van der Waals surface area contributed by atoms with Crippen LogP contribution in [0.15, 0.2) is 0 Å². The first-order valence-electron chi connectivity index (χ1n) is 10.1. The van der Waals surface area contributed by atoms with Crippen LogP contribution in [0.5, 0.6) is 0 Å². The molecule has 178 valence electrons. The van der Waals surface area contributed by atoms with Crippen LogP contribution in [0.1, 0.15) is 47.0 Å². The Morgan fingerprint density at radius 1 is 0.903 bits per heavy atom. The molecule has 0 fully saturated rings. The number of rotatable bonds is 14. The number of carboxylic acids is 1. The van der Waals surface area contributed by atoms with Crippen LogP contribution in [-0.2, 0) is 24.0 Å². The number of nitrogens with two attached hydrogens (primary N) is 2. The molecule has 0 aliphatic heterocycles. The van der Waals surface area contributed by atoms with E-state index in [1.165, 1.54) is 0 Å². The molecule has 0 saturated heterocycles. The second kappa shape index (κ2) is 13.9. The summed E-state index contributed by atoms with van der Waals surface area (Å²) in [6.07, 6.45) is 0.0780. The van der Waals surface area contributed by atoms with Gasteiger partial charge in [0.05, 0.1) is 6.04 Å². The minimum atomic E-state index is -1.30. The molecule has 0 rings (SSSR count). The van der Waals surface area contributed by atoms with Crippen molar-refractivity contribution in [2.75, 3.05) is 5.75 Å². The molecule has 11 nitrogen and oxygen atoms in total. The predicted molar refractivity (Wildman–Crippen MR) is 118 cm³/mol. The molecule has 0 aromatic heterocycles. The van der Waals surface area contributed by atoms with E-state index >= 15 is 0 Å². The number of carbonyl (C=O) groups excluding carboxylic acids is 4. The Bertz CT molecular complexity index is 658. The fourth-order valence-corrected chi connectivity index (χ4v) is 2.93. The van der Waals surface area contributed by atoms with E-state index in [-0.39, 0.29) is 30.4 Å². The Morgan fingerprint density at radius 2 is 1.45 bits per heavy atom. The highest BCUT2D eigenvalue weighted by atomic mass is 32.1. The number of carbonyl (C=O) groups is 5. The summed E-state index contributed by atoms with van der Waals surface area (Å²) >= 11 is 3.88. The molecule has 0 radical (unpaired) electrons. The molecule has 0 spiro atoms. The Hall–Kier alpha value is -2.34. The highest BCUT2D eigenvalue weighted by molar-refractivity contribution is 7.80. The second-order valence-electron chi connectivity index (χ2n) is 8.11. The Labute approximate surface area is 187 Å². The van der Waals surface area contributed by atoms with Crippen LogP contribution in [0, 0.1) is 11.8 Å². The molecule has 4 unspecified atom stereocenters. The molecular weight excluding hydrogens is 426 g/mol. The van der Waals surface area contributed by atoms with E-state index in [4.69, 9.17) is 16.6 Å². The standard InChI is InChI=1S/C19H35N5O6S/c1-9(2)7-11(20)16(26)24-15(10(3)4)18(28)22-12(5-6-14(21)25)17(27)23-13(8-31)19(29)30/h9-13,15,31H,5-8,20H2,1-4H3,(H2,21,25)(H,22,28)(H,23,27)(H,24,26)(H,29,30). The van der Waals surface area contributed by atoms with Gasteiger partial charge in [0, 0.05) is 12.2 Å². The van der Waals surface area contributed by atoms with Crippen molar-refractivity contribution in [3.8, 4) is 0 Å². The summed E-state index contributed by atoms with van der Waals surface area (Å²) in [6, 6.07) is -4.30. The normalized spacial score (nSPS) is 15.0. The number of amides is 4. The molecular formula is C19H35N5O6S. The molecule has 0 aromatic rings. The summed E-state index contributed by atoms with van der Waals surface area (Å²) in [5, 5.41) is 16.4. The SMILES string of the molecule is CC(C)CC(N)C(=O)NC(C(=O)NC(CCC(N)=O)C(=O)NC(CS)C(=O)O)C(C)C. The fourth-order valence-electron chi connectivity index (χ4n) is 2.68. The molecule has 4 amide bonds. The van der Waals surface area contributed by atoms with Gasteiger partial charge in [-0.2, -0.15) is 12.6 Å². The molecule has 4 atom stereocenters. The van der Waals surface area contributed by atoms with E-state index < -0.39 is 53.8 Å². The van der Waals surface area contributed by atoms with Crippen molar-refractivity contribution in [1.29, 1.82) is 0 Å². The van der Waals surface area contributed by atoms with Gasteiger partial charge in [-0.3, -0.25) is 19.2 Å². The molecule has 8 N–H and O–H groups in total. The van der Waals surface area contributed by atoms with Crippen LogP contribution in [0.3, 0.4) is 0 Å². The van der Waals surface area contributed by atoms with E-state index in [0.29, 0.717) is 6.42 Å². The van der Waals surface area contributed by atoms with E-state index in [2.05, 4.69) is 28.6 Å². The van der Waals surface area contributed by atoms with Gasteiger partial charge in [0.25, 0.3) is 0 Å². The van der Waals surface area contributed by atoms with Gasteiger partial charge in [0.2, 0.25) is 23.6 Å². The summed E-state index contributed by atoms with van der Waals surface area (Å²) in [5.41, 5.74) is 11.0. The quantitative estimate of drug-likeness (QED) is 0.157. The van der Waals surface area contributed by atoms with Gasteiger partial charge in [0.15, 0.2) is 0 Å². The third kappa shape index (κ3) is 11.0. The zero-order valence-corrected chi connectivity index (χ0v) is 19.3. The van der Waals surface area contributed by atoms with Gasteiger partial charge in [0.1, 0.15) is 18.1 Å². The Morgan fingerprint density at radius 3 is 1.87 bits per heavy atom. The summed E-state index contributed by atoms with van der Waals surface area (Å²) in [7, 11) is 0. The van der Waals surface area contributed by atoms with Gasteiger partial charge in [-0.15, -0.1) is 0 Å². The van der Waals surface area contributed by atoms with E-state index in [1.54, 1.807) is 13.8 Å². The first-order valence-corrected chi connectivity index (χ1v) is 10.7. The van der Waals surface area contributed by atoms with Gasteiger partial charge in [-0.05, 0) is 24.7 Å². The Kier molecular flexibility index (Phi) is 12.8. The van der Waals surface area contributed by atoms with E-state index in [0.717, 1.165) is 0 Å². The summed E-state index contributed by atoms with van der Waals surface area (Å²) in [6.45, 7) is 7.24. The number of primary amides is 1. The van der Waals surface area contributed by atoms with Crippen molar-refractivity contribution in [1.82, 2.24) is 16.0 Å². The number of hydrogen-bond acceptors (Lipinski definition) is 7. The average Bonchev–Trinajstić information content (AvgIpc) is 2.65. The molecule has 12 heteroatoms. The minimum Gasteiger partial charge on any atom is -0.480 e. The maximum atomic E-state index is 12.8. The fraction of sp³-hybridized carbons (Fsp3) is 0.737. The monoisotopic (exact) mass is 461 g/mol. The van der Waals surface area contributed by atoms with Crippen LogP contribution in [0.2, 0.25) is 0 Å². The summed E-state index contributed by atoms with van der Waals surface area (Å²) < 4.78 is 0. The van der Waals surface area contributed by atoms with Crippen molar-refractivity contribution in [2.45, 2.75) is 71.1 Å². The zero-order valence-electron chi connectivity index (χ0n) is 18.4. The van der Waals surface area contributed by atoms with Crippen molar-refractivity contribution in [3.63, 3.8) is 0 Å². The smallest absolute Gasteiger partial charge is 0.327 e.